The third-order valence-corrected chi connectivity index (χ3v) is 6.13. The number of alkyl halides is 1. The van der Waals surface area contributed by atoms with Gasteiger partial charge in [-0.05, 0) is 26.2 Å². The Kier molecular flexibility index (Phi) is 3.96. The molecule has 3 aliphatic rings. The van der Waals surface area contributed by atoms with E-state index in [-0.39, 0.29) is 25.0 Å². The molecular formula is C13H19FO8S. The topological polar surface area (TPSA) is 119 Å². The minimum atomic E-state index is -5.27. The minimum absolute atomic E-state index is 0.0709. The van der Waals surface area contributed by atoms with Gasteiger partial charge < -0.3 is 19.3 Å². The number of esters is 1. The first kappa shape index (κ1) is 17.0. The zero-order valence-corrected chi connectivity index (χ0v) is 13.3. The van der Waals surface area contributed by atoms with Crippen LogP contribution in [0.3, 0.4) is 0 Å². The first-order chi connectivity index (χ1) is 10.6. The maximum absolute atomic E-state index is 14.1. The normalized spacial score (nSPS) is 42.1. The molecule has 0 radical (unpaired) electrons. The number of ether oxygens (including phenoxy) is 3. The molecule has 10 heteroatoms. The van der Waals surface area contributed by atoms with E-state index in [2.05, 4.69) is 0 Å². The molecule has 0 aromatic carbocycles. The summed E-state index contributed by atoms with van der Waals surface area (Å²) >= 11 is 0. The molecule has 23 heavy (non-hydrogen) atoms. The van der Waals surface area contributed by atoms with Gasteiger partial charge in [-0.3, -0.25) is 4.55 Å². The van der Waals surface area contributed by atoms with E-state index >= 15 is 0 Å². The molecule has 2 aliphatic carbocycles. The van der Waals surface area contributed by atoms with Crippen LogP contribution in [0.2, 0.25) is 0 Å². The maximum atomic E-state index is 14.1. The van der Waals surface area contributed by atoms with Gasteiger partial charge in [0.1, 0.15) is 6.10 Å². The van der Waals surface area contributed by atoms with Crippen LogP contribution in [0.5, 0.6) is 0 Å². The van der Waals surface area contributed by atoms with Crippen molar-refractivity contribution in [2.75, 3.05) is 13.2 Å². The van der Waals surface area contributed by atoms with E-state index in [9.17, 15) is 22.7 Å². The van der Waals surface area contributed by atoms with Gasteiger partial charge in [-0.2, -0.15) is 8.42 Å². The van der Waals surface area contributed by atoms with Crippen LogP contribution in [-0.2, 0) is 29.1 Å². The second kappa shape index (κ2) is 5.35. The van der Waals surface area contributed by atoms with Gasteiger partial charge in [0.05, 0.1) is 13.2 Å². The van der Waals surface area contributed by atoms with Crippen molar-refractivity contribution >= 4 is 16.1 Å². The van der Waals surface area contributed by atoms with Crippen molar-refractivity contribution in [3.63, 3.8) is 0 Å². The number of carbonyl (C=O) groups excluding carboxylic acids is 1. The summed E-state index contributed by atoms with van der Waals surface area (Å²) < 4.78 is 61.4. The molecule has 0 amide bonds. The van der Waals surface area contributed by atoms with Crippen LogP contribution in [0.25, 0.3) is 0 Å². The largest absolute Gasteiger partial charge is 0.453 e. The van der Waals surface area contributed by atoms with Crippen molar-refractivity contribution in [3.05, 3.63) is 0 Å². The molecule has 1 heterocycles. The summed E-state index contributed by atoms with van der Waals surface area (Å²) in [7, 11) is -5.27. The Morgan fingerprint density at radius 3 is 2.74 bits per heavy atom. The lowest BCUT2D eigenvalue weighted by Crippen LogP contribution is -2.53. The number of carbonyl (C=O) groups is 1. The molecule has 132 valence electrons. The van der Waals surface area contributed by atoms with Crippen molar-refractivity contribution in [1.82, 2.24) is 0 Å². The molecule has 1 spiro atoms. The second-order valence-corrected chi connectivity index (χ2v) is 8.16. The van der Waals surface area contributed by atoms with Crippen LogP contribution in [0, 0.1) is 11.8 Å². The summed E-state index contributed by atoms with van der Waals surface area (Å²) in [4.78, 5) is 11.9. The molecule has 1 saturated heterocycles. The van der Waals surface area contributed by atoms with Crippen molar-refractivity contribution in [2.45, 2.75) is 49.2 Å². The van der Waals surface area contributed by atoms with Crippen molar-refractivity contribution in [3.8, 4) is 0 Å². The third kappa shape index (κ3) is 2.47. The molecular weight excluding hydrogens is 335 g/mol. The average Bonchev–Trinajstić information content (AvgIpc) is 3.15. The Bertz CT molecular complexity index is 605. The summed E-state index contributed by atoms with van der Waals surface area (Å²) in [5.41, 5.74) is 0. The number of aliphatic hydroxyl groups is 1. The molecule has 2 bridgehead atoms. The van der Waals surface area contributed by atoms with E-state index in [1.165, 1.54) is 0 Å². The number of hydrogen-bond acceptors (Lipinski definition) is 7. The quantitative estimate of drug-likeness (QED) is 0.535. The van der Waals surface area contributed by atoms with E-state index in [1.54, 1.807) is 0 Å². The lowest BCUT2D eigenvalue weighted by atomic mass is 9.91. The predicted molar refractivity (Wildman–Crippen MR) is 72.4 cm³/mol. The van der Waals surface area contributed by atoms with Gasteiger partial charge in [-0.25, -0.2) is 9.18 Å². The monoisotopic (exact) mass is 354 g/mol. The van der Waals surface area contributed by atoms with E-state index in [0.29, 0.717) is 13.3 Å². The van der Waals surface area contributed by atoms with Gasteiger partial charge in [0.25, 0.3) is 0 Å². The fourth-order valence-corrected chi connectivity index (χ4v) is 3.99. The highest BCUT2D eigenvalue weighted by Crippen LogP contribution is 2.56. The van der Waals surface area contributed by atoms with Crippen LogP contribution in [0.4, 0.5) is 4.39 Å². The van der Waals surface area contributed by atoms with Gasteiger partial charge in [0.2, 0.25) is 5.79 Å². The van der Waals surface area contributed by atoms with Crippen molar-refractivity contribution < 1.29 is 41.5 Å². The molecule has 2 N–H and O–H groups in total. The molecule has 6 unspecified atom stereocenters. The van der Waals surface area contributed by atoms with Crippen molar-refractivity contribution in [1.29, 1.82) is 0 Å². The Hall–Kier alpha value is -0.810. The van der Waals surface area contributed by atoms with Gasteiger partial charge >= 0.3 is 21.1 Å². The first-order valence-corrected chi connectivity index (χ1v) is 8.85. The molecule has 8 nitrogen and oxygen atoms in total. The highest BCUT2D eigenvalue weighted by atomic mass is 32.2. The molecule has 1 aliphatic heterocycles. The fourth-order valence-electron chi connectivity index (χ4n) is 3.73. The Morgan fingerprint density at radius 2 is 2.17 bits per heavy atom. The standard InChI is InChI=1S/C13H19FO8S/c1-12(14,23(17,18)19)11(16)21-10-7-2-3-8(4-7)13(10)20-6-9(5-15)22-13/h7-10,15H,2-6H2,1H3,(H,17,18,19). The summed E-state index contributed by atoms with van der Waals surface area (Å²) in [5.74, 6) is -3.19. The number of aliphatic hydroxyl groups excluding tert-OH is 1. The Balaban J connectivity index is 1.83. The summed E-state index contributed by atoms with van der Waals surface area (Å²) in [6.07, 6.45) is 0.596. The van der Waals surface area contributed by atoms with Gasteiger partial charge in [0.15, 0.2) is 6.10 Å². The number of halogens is 1. The molecule has 0 aromatic rings. The van der Waals surface area contributed by atoms with Gasteiger partial charge in [-0.15, -0.1) is 0 Å². The van der Waals surface area contributed by atoms with E-state index in [4.69, 9.17) is 18.8 Å². The zero-order chi connectivity index (χ0) is 17.0. The first-order valence-electron chi connectivity index (χ1n) is 7.41. The SMILES string of the molecule is CC(F)(C(=O)OC1C2CCC(C2)C12OCC(CO)O2)S(=O)(=O)O. The van der Waals surface area contributed by atoms with E-state index < -0.39 is 39.1 Å². The fraction of sp³-hybridized carbons (Fsp3) is 0.923. The summed E-state index contributed by atoms with van der Waals surface area (Å²) in [5, 5.41) is 5.63. The van der Waals surface area contributed by atoms with Crippen LogP contribution in [0.1, 0.15) is 26.2 Å². The molecule has 0 aromatic heterocycles. The molecule has 3 rings (SSSR count). The third-order valence-electron chi connectivity index (χ3n) is 5.00. The second-order valence-electron chi connectivity index (χ2n) is 6.44. The van der Waals surface area contributed by atoms with E-state index in [1.807, 2.05) is 0 Å². The van der Waals surface area contributed by atoms with Gasteiger partial charge in [-0.1, -0.05) is 0 Å². The number of hydrogen-bond donors (Lipinski definition) is 2. The predicted octanol–water partition coefficient (Wildman–Crippen LogP) is 0.00560. The van der Waals surface area contributed by atoms with Crippen LogP contribution in [0.15, 0.2) is 0 Å². The maximum Gasteiger partial charge on any atom is 0.362 e. The van der Waals surface area contributed by atoms with Crippen molar-refractivity contribution in [2.24, 2.45) is 11.8 Å². The minimum Gasteiger partial charge on any atom is -0.453 e. The molecule has 2 saturated carbocycles. The lowest BCUT2D eigenvalue weighted by Gasteiger charge is -2.39. The highest BCUT2D eigenvalue weighted by molar-refractivity contribution is 7.87. The van der Waals surface area contributed by atoms with Gasteiger partial charge in [0, 0.05) is 11.8 Å². The van der Waals surface area contributed by atoms with Crippen LogP contribution >= 0.6 is 0 Å². The lowest BCUT2D eigenvalue weighted by molar-refractivity contribution is -0.262. The zero-order valence-electron chi connectivity index (χ0n) is 12.5. The number of fused-ring (bicyclic) bond motifs is 3. The van der Waals surface area contributed by atoms with Crippen LogP contribution in [-0.4, -0.2) is 60.3 Å². The Labute approximate surface area is 132 Å². The number of rotatable bonds is 4. The molecule has 6 atom stereocenters. The smallest absolute Gasteiger partial charge is 0.362 e. The Morgan fingerprint density at radius 1 is 1.48 bits per heavy atom. The molecule has 3 fully saturated rings. The summed E-state index contributed by atoms with van der Waals surface area (Å²) in [6.45, 7) is 0.266. The van der Waals surface area contributed by atoms with Crippen LogP contribution < -0.4 is 0 Å². The van der Waals surface area contributed by atoms with E-state index in [0.717, 1.165) is 12.8 Å². The highest BCUT2D eigenvalue weighted by Gasteiger charge is 2.66. The average molecular weight is 354 g/mol. The summed E-state index contributed by atoms with van der Waals surface area (Å²) in [6, 6.07) is 0.